The van der Waals surface area contributed by atoms with Gasteiger partial charge in [-0.2, -0.15) is 0 Å². The van der Waals surface area contributed by atoms with Crippen LogP contribution in [0.15, 0.2) is 17.0 Å². The zero-order chi connectivity index (χ0) is 9.68. The predicted octanol–water partition coefficient (Wildman–Crippen LogP) is 2.67. The van der Waals surface area contributed by atoms with Crippen LogP contribution in [-0.4, -0.2) is 21.9 Å². The van der Waals surface area contributed by atoms with Crippen LogP contribution >= 0.6 is 27.5 Å². The van der Waals surface area contributed by atoms with Gasteiger partial charge < -0.3 is 5.32 Å². The highest BCUT2D eigenvalue weighted by molar-refractivity contribution is 9.10. The molecular weight excluding hydrogens is 253 g/mol. The van der Waals surface area contributed by atoms with Gasteiger partial charge in [-0.3, -0.25) is 0 Å². The van der Waals surface area contributed by atoms with Crippen molar-refractivity contribution in [1.82, 2.24) is 9.97 Å². The maximum atomic E-state index is 5.75. The summed E-state index contributed by atoms with van der Waals surface area (Å²) in [6.07, 6.45) is 4.18. The molecule has 1 N–H and O–H groups in total. The lowest BCUT2D eigenvalue weighted by atomic mass is 10.2. The minimum absolute atomic E-state index is 0.257. The number of hydrogen-bond donors (Lipinski definition) is 1. The van der Waals surface area contributed by atoms with Crippen LogP contribution in [0, 0.1) is 0 Å². The Morgan fingerprint density at radius 3 is 3.00 bits per heavy atom. The molecule has 1 aromatic heterocycles. The summed E-state index contributed by atoms with van der Waals surface area (Å²) in [6, 6.07) is 0.257. The van der Waals surface area contributed by atoms with Crippen molar-refractivity contribution in [3.05, 3.63) is 17.0 Å². The van der Waals surface area contributed by atoms with Crippen molar-refractivity contribution < 1.29 is 0 Å². The molecule has 1 aromatic rings. The Labute approximate surface area is 91.1 Å². The summed E-state index contributed by atoms with van der Waals surface area (Å²) in [5.74, 6) is 1.37. The first-order valence-electron chi connectivity index (χ1n) is 4.06. The van der Waals surface area contributed by atoms with Crippen LogP contribution in [0.4, 0.5) is 5.82 Å². The molecule has 72 valence electrons. The van der Waals surface area contributed by atoms with Gasteiger partial charge in [0.15, 0.2) is 0 Å². The molecule has 0 aliphatic carbocycles. The molecular formula is C8H11BrClN3. The topological polar surface area (TPSA) is 37.8 Å². The summed E-state index contributed by atoms with van der Waals surface area (Å²) in [7, 11) is 0. The van der Waals surface area contributed by atoms with Crippen LogP contribution in [0.2, 0.25) is 0 Å². The molecule has 0 aliphatic rings. The number of anilines is 1. The molecule has 1 unspecified atom stereocenters. The molecule has 5 heteroatoms. The van der Waals surface area contributed by atoms with Gasteiger partial charge in [0.2, 0.25) is 0 Å². The van der Waals surface area contributed by atoms with Crippen molar-refractivity contribution in [3.8, 4) is 0 Å². The van der Waals surface area contributed by atoms with Crippen molar-refractivity contribution in [1.29, 1.82) is 0 Å². The van der Waals surface area contributed by atoms with Crippen LogP contribution < -0.4 is 5.32 Å². The molecule has 0 aromatic carbocycles. The van der Waals surface area contributed by atoms with Crippen LogP contribution in [-0.2, 0) is 0 Å². The molecule has 1 atom stereocenters. The van der Waals surface area contributed by atoms with E-state index in [1.807, 2.05) is 0 Å². The second-order valence-corrected chi connectivity index (χ2v) is 3.79. The highest BCUT2D eigenvalue weighted by atomic mass is 79.9. The average molecular weight is 265 g/mol. The number of hydrogen-bond acceptors (Lipinski definition) is 3. The van der Waals surface area contributed by atoms with Crippen LogP contribution in [0.3, 0.4) is 0 Å². The lowest BCUT2D eigenvalue weighted by Gasteiger charge is -2.14. The van der Waals surface area contributed by atoms with E-state index in [2.05, 4.69) is 38.1 Å². The molecule has 0 aliphatic heterocycles. The third-order valence-corrected chi connectivity index (χ3v) is 2.64. The van der Waals surface area contributed by atoms with Gasteiger partial charge in [-0.05, 0) is 22.4 Å². The fourth-order valence-electron chi connectivity index (χ4n) is 0.862. The number of rotatable bonds is 4. The largest absolute Gasteiger partial charge is 0.365 e. The maximum absolute atomic E-state index is 5.75. The molecule has 0 fully saturated rings. The van der Waals surface area contributed by atoms with Crippen LogP contribution in [0.1, 0.15) is 13.3 Å². The second-order valence-electron chi connectivity index (χ2n) is 2.62. The van der Waals surface area contributed by atoms with Gasteiger partial charge in [-0.15, -0.1) is 11.6 Å². The van der Waals surface area contributed by atoms with E-state index in [-0.39, 0.29) is 6.04 Å². The summed E-state index contributed by atoms with van der Waals surface area (Å²) >= 11 is 9.10. The standard InChI is InChI=1S/C8H11BrClN3/c1-2-6(3-10)13-8-7(9)4-11-5-12-8/h4-6H,2-3H2,1H3,(H,11,12,13). The molecule has 0 saturated carbocycles. The Morgan fingerprint density at radius 2 is 2.46 bits per heavy atom. The third-order valence-electron chi connectivity index (χ3n) is 1.69. The Kier molecular flexibility index (Phi) is 4.45. The van der Waals surface area contributed by atoms with Gasteiger partial charge in [-0.25, -0.2) is 9.97 Å². The van der Waals surface area contributed by atoms with Crippen molar-refractivity contribution in [2.24, 2.45) is 0 Å². The van der Waals surface area contributed by atoms with E-state index in [0.29, 0.717) is 5.88 Å². The summed E-state index contributed by atoms with van der Waals surface area (Å²) in [6.45, 7) is 2.08. The number of alkyl halides is 1. The van der Waals surface area contributed by atoms with Gasteiger partial charge >= 0.3 is 0 Å². The van der Waals surface area contributed by atoms with E-state index in [1.54, 1.807) is 6.20 Å². The Morgan fingerprint density at radius 1 is 1.69 bits per heavy atom. The van der Waals surface area contributed by atoms with E-state index in [4.69, 9.17) is 11.6 Å². The quantitative estimate of drug-likeness (QED) is 0.850. The Bertz CT molecular complexity index is 265. The van der Waals surface area contributed by atoms with Crippen LogP contribution in [0.25, 0.3) is 0 Å². The second kappa shape index (κ2) is 5.40. The van der Waals surface area contributed by atoms with Gasteiger partial charge in [0.1, 0.15) is 12.1 Å². The fourth-order valence-corrected chi connectivity index (χ4v) is 1.49. The Balaban J connectivity index is 2.67. The zero-order valence-electron chi connectivity index (χ0n) is 7.30. The van der Waals surface area contributed by atoms with E-state index < -0.39 is 0 Å². The van der Waals surface area contributed by atoms with Crippen molar-refractivity contribution in [2.45, 2.75) is 19.4 Å². The highest BCUT2D eigenvalue weighted by Crippen LogP contribution is 2.18. The van der Waals surface area contributed by atoms with Crippen molar-refractivity contribution in [3.63, 3.8) is 0 Å². The molecule has 0 spiro atoms. The first-order chi connectivity index (χ1) is 6.27. The SMILES string of the molecule is CCC(CCl)Nc1ncncc1Br. The molecule has 0 bridgehead atoms. The molecule has 1 heterocycles. The summed E-state index contributed by atoms with van der Waals surface area (Å²) in [5, 5.41) is 3.22. The van der Waals surface area contributed by atoms with E-state index in [1.165, 1.54) is 6.33 Å². The third kappa shape index (κ3) is 3.12. The molecule has 0 radical (unpaired) electrons. The van der Waals surface area contributed by atoms with Gasteiger partial charge in [-0.1, -0.05) is 6.92 Å². The molecule has 13 heavy (non-hydrogen) atoms. The fraction of sp³-hybridized carbons (Fsp3) is 0.500. The maximum Gasteiger partial charge on any atom is 0.143 e. The van der Waals surface area contributed by atoms with Crippen molar-refractivity contribution >= 4 is 33.3 Å². The minimum atomic E-state index is 0.257. The van der Waals surface area contributed by atoms with Gasteiger partial charge in [0.25, 0.3) is 0 Å². The molecule has 1 rings (SSSR count). The monoisotopic (exact) mass is 263 g/mol. The van der Waals surface area contributed by atoms with E-state index in [9.17, 15) is 0 Å². The van der Waals surface area contributed by atoms with Crippen LogP contribution in [0.5, 0.6) is 0 Å². The first kappa shape index (κ1) is 10.7. The molecule has 0 saturated heterocycles. The van der Waals surface area contributed by atoms with E-state index >= 15 is 0 Å². The van der Waals surface area contributed by atoms with Gasteiger partial charge in [0, 0.05) is 18.1 Å². The number of halogens is 2. The number of nitrogens with zero attached hydrogens (tertiary/aromatic N) is 2. The summed E-state index contributed by atoms with van der Waals surface area (Å²) in [5.41, 5.74) is 0. The number of aromatic nitrogens is 2. The Hall–Kier alpha value is -0.350. The van der Waals surface area contributed by atoms with Gasteiger partial charge in [0.05, 0.1) is 4.47 Å². The normalized spacial score (nSPS) is 12.5. The summed E-state index contributed by atoms with van der Waals surface area (Å²) in [4.78, 5) is 7.96. The van der Waals surface area contributed by atoms with Crippen molar-refractivity contribution in [2.75, 3.05) is 11.2 Å². The minimum Gasteiger partial charge on any atom is -0.365 e. The predicted molar refractivity (Wildman–Crippen MR) is 58.2 cm³/mol. The average Bonchev–Trinajstić information content (AvgIpc) is 2.17. The number of nitrogens with one attached hydrogen (secondary N) is 1. The molecule has 0 amide bonds. The lowest BCUT2D eigenvalue weighted by molar-refractivity contribution is 0.763. The smallest absolute Gasteiger partial charge is 0.143 e. The lowest BCUT2D eigenvalue weighted by Crippen LogP contribution is -2.21. The first-order valence-corrected chi connectivity index (χ1v) is 5.38. The summed E-state index contributed by atoms with van der Waals surface area (Å²) < 4.78 is 0.860. The zero-order valence-corrected chi connectivity index (χ0v) is 9.64. The highest BCUT2D eigenvalue weighted by Gasteiger charge is 2.07. The molecule has 3 nitrogen and oxygen atoms in total. The van der Waals surface area contributed by atoms with E-state index in [0.717, 1.165) is 16.7 Å².